The molecular weight excluding hydrogens is 346 g/mol. The fourth-order valence-corrected chi connectivity index (χ4v) is 3.48. The summed E-state index contributed by atoms with van der Waals surface area (Å²) in [5, 5.41) is 0. The van der Waals surface area contributed by atoms with Crippen LogP contribution in [-0.4, -0.2) is 34.7 Å². The lowest BCUT2D eigenvalue weighted by molar-refractivity contribution is 0.397. The van der Waals surface area contributed by atoms with Crippen LogP contribution in [0.25, 0.3) is 11.2 Å². The highest BCUT2D eigenvalue weighted by Crippen LogP contribution is 2.21. The molecule has 0 fully saturated rings. The molecule has 110 valence electrons. The van der Waals surface area contributed by atoms with Crippen LogP contribution >= 0.6 is 15.9 Å². The van der Waals surface area contributed by atoms with E-state index in [1.54, 1.807) is 24.6 Å². The van der Waals surface area contributed by atoms with Crippen LogP contribution in [0, 0.1) is 0 Å². The van der Waals surface area contributed by atoms with E-state index in [1.807, 2.05) is 6.07 Å². The number of hydrogen-bond donors (Lipinski definition) is 2. The quantitative estimate of drug-likeness (QED) is 0.848. The van der Waals surface area contributed by atoms with Gasteiger partial charge in [-0.2, -0.15) is 0 Å². The highest BCUT2D eigenvalue weighted by molar-refractivity contribution is 9.10. The molecule has 0 bridgehead atoms. The molecular formula is C11H16BrN5O2S. The zero-order valence-electron chi connectivity index (χ0n) is 11.4. The fraction of sp³-hybridized carbons (Fsp3) is 0.455. The number of nitrogen functional groups attached to an aromatic ring is 1. The Kier molecular flexibility index (Phi) is 3.78. The van der Waals surface area contributed by atoms with Crippen LogP contribution in [0.2, 0.25) is 0 Å². The van der Waals surface area contributed by atoms with Crippen LogP contribution in [0.15, 0.2) is 16.7 Å². The van der Waals surface area contributed by atoms with Gasteiger partial charge in [-0.05, 0) is 35.8 Å². The number of anilines is 1. The van der Waals surface area contributed by atoms with Gasteiger partial charge in [-0.3, -0.25) is 4.57 Å². The molecule has 2 heterocycles. The Morgan fingerprint density at radius 1 is 1.50 bits per heavy atom. The lowest BCUT2D eigenvalue weighted by Gasteiger charge is -2.25. The molecule has 0 saturated carbocycles. The number of fused-ring (bicyclic) bond motifs is 1. The Bertz CT molecular complexity index is 754. The number of pyridine rings is 1. The number of hydrogen-bond acceptors (Lipinski definition) is 5. The SMILES string of the molecule is CC(C)(Cn1c(N)nc2cc(Br)cnc21)NS(C)(=O)=O. The van der Waals surface area contributed by atoms with Crippen molar-refractivity contribution in [2.24, 2.45) is 0 Å². The molecule has 20 heavy (non-hydrogen) atoms. The van der Waals surface area contributed by atoms with Gasteiger partial charge in [-0.1, -0.05) is 0 Å². The molecule has 0 saturated heterocycles. The molecule has 2 aromatic rings. The zero-order chi connectivity index (χ0) is 15.1. The number of halogens is 1. The topological polar surface area (TPSA) is 103 Å². The van der Waals surface area contributed by atoms with Crippen molar-refractivity contribution in [2.75, 3.05) is 12.0 Å². The number of nitrogens with two attached hydrogens (primary N) is 1. The minimum atomic E-state index is -3.31. The van der Waals surface area contributed by atoms with E-state index in [9.17, 15) is 8.42 Å². The number of imidazole rings is 1. The largest absolute Gasteiger partial charge is 0.369 e. The highest BCUT2D eigenvalue weighted by Gasteiger charge is 2.25. The minimum absolute atomic E-state index is 0.300. The van der Waals surface area contributed by atoms with E-state index in [0.29, 0.717) is 23.7 Å². The predicted molar refractivity (Wildman–Crippen MR) is 81.7 cm³/mol. The third-order valence-corrected chi connectivity index (χ3v) is 3.95. The molecule has 0 amide bonds. The van der Waals surface area contributed by atoms with Crippen molar-refractivity contribution in [2.45, 2.75) is 25.9 Å². The van der Waals surface area contributed by atoms with Crippen molar-refractivity contribution < 1.29 is 8.42 Å². The molecule has 0 spiro atoms. The molecule has 0 aliphatic carbocycles. The van der Waals surface area contributed by atoms with Crippen LogP contribution < -0.4 is 10.5 Å². The van der Waals surface area contributed by atoms with Gasteiger partial charge in [0.2, 0.25) is 16.0 Å². The summed E-state index contributed by atoms with van der Waals surface area (Å²) >= 11 is 3.32. The Balaban J connectivity index is 2.41. The molecule has 2 rings (SSSR count). The van der Waals surface area contributed by atoms with Gasteiger partial charge in [0.1, 0.15) is 5.52 Å². The summed E-state index contributed by atoms with van der Waals surface area (Å²) in [6.07, 6.45) is 2.77. The number of nitrogens with one attached hydrogen (secondary N) is 1. The summed E-state index contributed by atoms with van der Waals surface area (Å²) in [6.45, 7) is 3.88. The average Bonchev–Trinajstić information content (AvgIpc) is 2.50. The first kappa shape index (κ1) is 15.2. The molecule has 0 unspecified atom stereocenters. The summed E-state index contributed by atoms with van der Waals surface area (Å²) < 4.78 is 27.8. The van der Waals surface area contributed by atoms with Crippen LogP contribution in [0.5, 0.6) is 0 Å². The van der Waals surface area contributed by atoms with Gasteiger partial charge < -0.3 is 5.73 Å². The second kappa shape index (κ2) is 4.97. The lowest BCUT2D eigenvalue weighted by atomic mass is 10.1. The average molecular weight is 362 g/mol. The van der Waals surface area contributed by atoms with E-state index in [2.05, 4.69) is 30.6 Å². The van der Waals surface area contributed by atoms with Gasteiger partial charge in [0.05, 0.1) is 6.26 Å². The van der Waals surface area contributed by atoms with Gasteiger partial charge in [0.15, 0.2) is 5.65 Å². The zero-order valence-corrected chi connectivity index (χ0v) is 13.8. The first-order valence-corrected chi connectivity index (χ1v) is 8.52. The summed E-state index contributed by atoms with van der Waals surface area (Å²) in [6, 6.07) is 1.81. The molecule has 0 aromatic carbocycles. The van der Waals surface area contributed by atoms with E-state index < -0.39 is 15.6 Å². The van der Waals surface area contributed by atoms with Crippen molar-refractivity contribution in [3.8, 4) is 0 Å². The molecule has 3 N–H and O–H groups in total. The van der Waals surface area contributed by atoms with Gasteiger partial charge in [0.25, 0.3) is 0 Å². The normalized spacial score (nSPS) is 13.0. The maximum Gasteiger partial charge on any atom is 0.209 e. The van der Waals surface area contributed by atoms with E-state index >= 15 is 0 Å². The molecule has 7 nitrogen and oxygen atoms in total. The lowest BCUT2D eigenvalue weighted by Crippen LogP contribution is -2.46. The molecule has 0 aliphatic rings. The Morgan fingerprint density at radius 2 is 2.15 bits per heavy atom. The van der Waals surface area contributed by atoms with Gasteiger partial charge >= 0.3 is 0 Å². The van der Waals surface area contributed by atoms with E-state index in [0.717, 1.165) is 10.7 Å². The van der Waals surface area contributed by atoms with Crippen molar-refractivity contribution in [1.82, 2.24) is 19.3 Å². The van der Waals surface area contributed by atoms with Gasteiger partial charge in [-0.15, -0.1) is 0 Å². The minimum Gasteiger partial charge on any atom is -0.369 e. The van der Waals surface area contributed by atoms with Crippen molar-refractivity contribution in [3.63, 3.8) is 0 Å². The van der Waals surface area contributed by atoms with Gasteiger partial charge in [0, 0.05) is 22.8 Å². The molecule has 0 aliphatic heterocycles. The highest BCUT2D eigenvalue weighted by atomic mass is 79.9. The third kappa shape index (κ3) is 3.47. The second-order valence-electron chi connectivity index (χ2n) is 5.31. The van der Waals surface area contributed by atoms with Gasteiger partial charge in [-0.25, -0.2) is 23.1 Å². The van der Waals surface area contributed by atoms with Crippen LogP contribution in [0.3, 0.4) is 0 Å². The number of nitrogens with zero attached hydrogens (tertiary/aromatic N) is 3. The molecule has 9 heteroatoms. The van der Waals surface area contributed by atoms with Crippen molar-refractivity contribution >= 4 is 43.1 Å². The smallest absolute Gasteiger partial charge is 0.209 e. The summed E-state index contributed by atoms with van der Waals surface area (Å²) in [5.74, 6) is 0.300. The Morgan fingerprint density at radius 3 is 2.75 bits per heavy atom. The molecule has 0 atom stereocenters. The van der Waals surface area contributed by atoms with E-state index in [4.69, 9.17) is 5.73 Å². The first-order valence-electron chi connectivity index (χ1n) is 5.84. The number of aromatic nitrogens is 3. The predicted octanol–water partition coefficient (Wildman–Crippen LogP) is 1.10. The van der Waals surface area contributed by atoms with E-state index in [1.165, 1.54) is 0 Å². The number of sulfonamides is 1. The molecule has 0 radical (unpaired) electrons. The fourth-order valence-electron chi connectivity index (χ4n) is 2.09. The summed E-state index contributed by atoms with van der Waals surface area (Å²) in [4.78, 5) is 8.50. The van der Waals surface area contributed by atoms with Crippen LogP contribution in [-0.2, 0) is 16.6 Å². The maximum absolute atomic E-state index is 11.4. The number of rotatable bonds is 4. The van der Waals surface area contributed by atoms with Crippen LogP contribution in [0.1, 0.15) is 13.8 Å². The summed E-state index contributed by atoms with van der Waals surface area (Å²) in [5.41, 5.74) is 6.47. The maximum atomic E-state index is 11.4. The first-order chi connectivity index (χ1) is 9.07. The molecule has 2 aromatic heterocycles. The monoisotopic (exact) mass is 361 g/mol. The Labute approximate surface area is 125 Å². The third-order valence-electron chi connectivity index (χ3n) is 2.60. The Hall–Kier alpha value is -1.19. The van der Waals surface area contributed by atoms with Crippen molar-refractivity contribution in [3.05, 3.63) is 16.7 Å². The van der Waals surface area contributed by atoms with E-state index in [-0.39, 0.29) is 0 Å². The second-order valence-corrected chi connectivity index (χ2v) is 7.97. The van der Waals surface area contributed by atoms with Crippen LogP contribution in [0.4, 0.5) is 5.95 Å². The standard InChI is InChI=1S/C11H16BrN5O2S/c1-11(2,16-20(3,18)19)6-17-9-8(15-10(17)13)4-7(12)5-14-9/h4-5,16H,6H2,1-3H3,(H2,13,15). The van der Waals surface area contributed by atoms with Crippen molar-refractivity contribution in [1.29, 1.82) is 0 Å². The summed E-state index contributed by atoms with van der Waals surface area (Å²) in [7, 11) is -3.31.